The number of amides is 1. The zero-order valence-corrected chi connectivity index (χ0v) is 18.3. The van der Waals surface area contributed by atoms with Crippen LogP contribution in [0.4, 0.5) is 4.79 Å². The van der Waals surface area contributed by atoms with Crippen LogP contribution in [0.3, 0.4) is 0 Å². The summed E-state index contributed by atoms with van der Waals surface area (Å²) < 4.78 is 38.1. The first-order valence-corrected chi connectivity index (χ1v) is 12.5. The molecule has 2 fully saturated rings. The molecule has 3 atom stereocenters. The Labute approximate surface area is 178 Å². The Morgan fingerprint density at radius 2 is 1.87 bits per heavy atom. The van der Waals surface area contributed by atoms with Crippen molar-refractivity contribution in [1.29, 1.82) is 0 Å². The molecule has 1 N–H and O–H groups in total. The molecule has 4 aliphatic rings. The molecule has 3 heterocycles. The van der Waals surface area contributed by atoms with E-state index in [0.717, 1.165) is 37.5 Å². The zero-order chi connectivity index (χ0) is 21.3. The van der Waals surface area contributed by atoms with E-state index >= 15 is 0 Å². The maximum absolute atomic E-state index is 12.9. The monoisotopic (exact) mass is 434 g/mol. The van der Waals surface area contributed by atoms with E-state index in [2.05, 4.69) is 16.9 Å². The number of sulfonamides is 1. The molecule has 2 bridgehead atoms. The first-order valence-electron chi connectivity index (χ1n) is 10.6. The fraction of sp³-hybridized carbons (Fsp3) is 0.591. The lowest BCUT2D eigenvalue weighted by molar-refractivity contribution is -0.00757. The van der Waals surface area contributed by atoms with Crippen molar-refractivity contribution in [2.24, 2.45) is 0 Å². The third-order valence-electron chi connectivity index (χ3n) is 6.50. The van der Waals surface area contributed by atoms with Crippen molar-refractivity contribution in [3.8, 4) is 0 Å². The number of nitrogens with zero attached hydrogens (tertiary/aromatic N) is 1. The first kappa shape index (κ1) is 21.3. The average molecular weight is 435 g/mol. The number of ether oxygens (including phenoxy) is 2. The minimum Gasteiger partial charge on any atom is -0.418 e. The maximum Gasteiger partial charge on any atom is 0.415 e. The van der Waals surface area contributed by atoms with Crippen LogP contribution < -0.4 is 4.72 Å². The molecule has 5 rings (SSSR count). The largest absolute Gasteiger partial charge is 0.418 e. The lowest BCUT2D eigenvalue weighted by Crippen LogP contribution is -2.50. The van der Waals surface area contributed by atoms with Crippen molar-refractivity contribution in [1.82, 2.24) is 9.62 Å². The summed E-state index contributed by atoms with van der Waals surface area (Å²) in [6.45, 7) is 2.20. The maximum atomic E-state index is 12.9. The molecule has 0 unspecified atom stereocenters. The second kappa shape index (κ2) is 8.69. The highest BCUT2D eigenvalue weighted by Crippen LogP contribution is 2.37. The minimum atomic E-state index is -3.40. The Bertz CT molecular complexity index is 908. The van der Waals surface area contributed by atoms with Crippen molar-refractivity contribution in [2.45, 2.75) is 69.2 Å². The Morgan fingerprint density at radius 1 is 1.13 bits per heavy atom. The molecule has 1 saturated carbocycles. The molecule has 0 spiro atoms. The van der Waals surface area contributed by atoms with Crippen LogP contribution in [-0.4, -0.2) is 56.5 Å². The van der Waals surface area contributed by atoms with Gasteiger partial charge in [0.1, 0.15) is 0 Å². The molecule has 1 aromatic rings. The van der Waals surface area contributed by atoms with Gasteiger partial charge in [-0.3, -0.25) is 4.90 Å². The second-order valence-corrected chi connectivity index (χ2v) is 10.5. The quantitative estimate of drug-likeness (QED) is 0.773. The van der Waals surface area contributed by atoms with Crippen molar-refractivity contribution >= 4 is 22.2 Å². The lowest BCUT2D eigenvalue weighted by Gasteiger charge is -2.33. The summed E-state index contributed by atoms with van der Waals surface area (Å²) in [5.74, 6) is 0.465. The number of hydrogen-bond donors (Lipinski definition) is 1. The van der Waals surface area contributed by atoms with Crippen LogP contribution in [-0.2, 0) is 19.5 Å². The van der Waals surface area contributed by atoms with Gasteiger partial charge in [-0.2, -0.15) is 0 Å². The summed E-state index contributed by atoms with van der Waals surface area (Å²) in [5.41, 5.74) is 2.35. The highest BCUT2D eigenvalue weighted by molar-refractivity contribution is 7.88. The molecular weight excluding hydrogens is 404 g/mol. The van der Waals surface area contributed by atoms with Gasteiger partial charge in [0.25, 0.3) is 0 Å². The molecule has 8 heteroatoms. The van der Waals surface area contributed by atoms with E-state index in [4.69, 9.17) is 9.47 Å². The van der Waals surface area contributed by atoms with Crippen LogP contribution >= 0.6 is 0 Å². The van der Waals surface area contributed by atoms with Crippen LogP contribution in [0.25, 0.3) is 6.08 Å². The van der Waals surface area contributed by atoms with Gasteiger partial charge in [0, 0.05) is 12.1 Å². The van der Waals surface area contributed by atoms with Gasteiger partial charge in [-0.1, -0.05) is 24.3 Å². The Balaban J connectivity index is 1.63. The van der Waals surface area contributed by atoms with Crippen molar-refractivity contribution in [3.63, 3.8) is 0 Å². The van der Waals surface area contributed by atoms with E-state index in [0.29, 0.717) is 18.9 Å². The Hall–Kier alpha value is -1.90. The molecule has 1 aliphatic carbocycles. The van der Waals surface area contributed by atoms with E-state index in [9.17, 15) is 13.2 Å². The topological polar surface area (TPSA) is 84.9 Å². The van der Waals surface area contributed by atoms with Gasteiger partial charge in [0.2, 0.25) is 10.0 Å². The van der Waals surface area contributed by atoms with Crippen LogP contribution in [0.5, 0.6) is 0 Å². The molecule has 30 heavy (non-hydrogen) atoms. The van der Waals surface area contributed by atoms with E-state index in [1.54, 1.807) is 4.90 Å². The van der Waals surface area contributed by atoms with Gasteiger partial charge in [-0.25, -0.2) is 17.9 Å². The van der Waals surface area contributed by atoms with Gasteiger partial charge in [0.15, 0.2) is 0 Å². The standard InChI is InChI=1S/C22H30N2O5S/c1-15-13-20(23-30(2,26)27)21-14-29-18-9-7-17(8-10-18)19-6-4-3-5-16(19)11-12-28-22(25)24(15)21/h3-6,11-12,15,17-18,20-21,23H,7-10,13-14H2,1-2H3/b12-11-/t15-,17?,18?,20+,21+/m1/s1. The molecule has 1 saturated heterocycles. The second-order valence-electron chi connectivity index (χ2n) is 8.68. The lowest BCUT2D eigenvalue weighted by atomic mass is 9.81. The molecule has 1 amide bonds. The van der Waals surface area contributed by atoms with Crippen molar-refractivity contribution in [2.75, 3.05) is 12.9 Å². The van der Waals surface area contributed by atoms with Gasteiger partial charge in [-0.05, 0) is 62.1 Å². The molecule has 164 valence electrons. The van der Waals surface area contributed by atoms with Crippen LogP contribution in [0.1, 0.15) is 56.1 Å². The van der Waals surface area contributed by atoms with Gasteiger partial charge < -0.3 is 9.47 Å². The fourth-order valence-electron chi connectivity index (χ4n) is 5.11. The van der Waals surface area contributed by atoms with Gasteiger partial charge in [0.05, 0.1) is 31.3 Å². The van der Waals surface area contributed by atoms with Crippen molar-refractivity contribution < 1.29 is 22.7 Å². The van der Waals surface area contributed by atoms with Crippen molar-refractivity contribution in [3.05, 3.63) is 41.7 Å². The number of carbonyl (C=O) groups is 1. The van der Waals surface area contributed by atoms with Crippen LogP contribution in [0, 0.1) is 0 Å². The van der Waals surface area contributed by atoms with Crippen LogP contribution in [0.15, 0.2) is 30.5 Å². The summed E-state index contributed by atoms with van der Waals surface area (Å²) in [7, 11) is -3.40. The summed E-state index contributed by atoms with van der Waals surface area (Å²) >= 11 is 0. The number of rotatable bonds is 2. The predicted octanol–water partition coefficient (Wildman–Crippen LogP) is 3.23. The smallest absolute Gasteiger partial charge is 0.415 e. The number of hydrogen-bond acceptors (Lipinski definition) is 5. The van der Waals surface area contributed by atoms with Gasteiger partial charge in [-0.15, -0.1) is 0 Å². The Kier molecular flexibility index (Phi) is 6.18. The highest BCUT2D eigenvalue weighted by Gasteiger charge is 2.44. The summed E-state index contributed by atoms with van der Waals surface area (Å²) in [5, 5.41) is 0. The molecule has 7 nitrogen and oxygen atoms in total. The van der Waals surface area contributed by atoms with Crippen LogP contribution in [0.2, 0.25) is 0 Å². The molecule has 0 aromatic heterocycles. The number of carbonyl (C=O) groups excluding carboxylic acids is 1. The highest BCUT2D eigenvalue weighted by atomic mass is 32.2. The average Bonchev–Trinajstić information content (AvgIpc) is 3.00. The summed E-state index contributed by atoms with van der Waals surface area (Å²) in [6, 6.07) is 7.29. The minimum absolute atomic E-state index is 0.125. The SMILES string of the molecule is C[C@@H]1C[C@H](NS(C)(=O)=O)[C@@H]2COC3CCC(CC3)c3ccccc3/C=C\OC(=O)N12. The predicted molar refractivity (Wildman–Crippen MR) is 114 cm³/mol. The zero-order valence-electron chi connectivity index (χ0n) is 17.5. The third-order valence-corrected chi connectivity index (χ3v) is 7.23. The van der Waals surface area contributed by atoms with E-state index in [1.807, 2.05) is 25.1 Å². The number of benzene rings is 1. The van der Waals surface area contributed by atoms with Gasteiger partial charge >= 0.3 is 6.09 Å². The fourth-order valence-corrected chi connectivity index (χ4v) is 5.91. The molecule has 1 aromatic carbocycles. The Morgan fingerprint density at radius 3 is 2.60 bits per heavy atom. The summed E-state index contributed by atoms with van der Waals surface area (Å²) in [4.78, 5) is 14.5. The molecule has 0 radical (unpaired) electrons. The van der Waals surface area contributed by atoms with E-state index < -0.39 is 28.2 Å². The van der Waals surface area contributed by atoms with E-state index in [1.165, 1.54) is 11.8 Å². The number of nitrogens with one attached hydrogen (secondary N) is 1. The van der Waals surface area contributed by atoms with E-state index in [-0.39, 0.29) is 12.1 Å². The normalized spacial score (nSPS) is 33.3. The molecule has 3 aliphatic heterocycles. The third kappa shape index (κ3) is 4.71. The number of fused-ring (bicyclic) bond motifs is 5. The summed E-state index contributed by atoms with van der Waals surface area (Å²) in [6.07, 6.45) is 8.61. The first-order chi connectivity index (χ1) is 14.3. The molecular formula is C22H30N2O5S.